The van der Waals surface area contributed by atoms with Crippen LogP contribution < -0.4 is 0 Å². The Bertz CT molecular complexity index is 468. The predicted octanol–water partition coefficient (Wildman–Crippen LogP) is 2.13. The van der Waals surface area contributed by atoms with Gasteiger partial charge in [0.15, 0.2) is 0 Å². The number of ether oxygens (including phenoxy) is 1. The van der Waals surface area contributed by atoms with Gasteiger partial charge in [0.1, 0.15) is 0 Å². The smallest absolute Gasteiger partial charge is 0.0559 e. The van der Waals surface area contributed by atoms with Gasteiger partial charge in [-0.15, -0.1) is 0 Å². The van der Waals surface area contributed by atoms with Crippen LogP contribution in [0.5, 0.6) is 0 Å². The van der Waals surface area contributed by atoms with Crippen molar-refractivity contribution in [2.45, 2.75) is 26.8 Å². The number of nitrogens with zero attached hydrogens (tertiary/aromatic N) is 1. The van der Waals surface area contributed by atoms with E-state index >= 15 is 0 Å². The predicted molar refractivity (Wildman–Crippen MR) is 79.6 cm³/mol. The quantitative estimate of drug-likeness (QED) is 0.917. The number of aliphatic hydroxyl groups excluding tert-OH is 1. The van der Waals surface area contributed by atoms with E-state index in [4.69, 9.17) is 4.74 Å². The zero-order valence-electron chi connectivity index (χ0n) is 12.6. The number of hydrogen-bond donors (Lipinski definition) is 1. The van der Waals surface area contributed by atoms with E-state index in [1.165, 1.54) is 16.7 Å². The second kappa shape index (κ2) is 5.47. The SMILES string of the molecule is Cc1cccc(C)c1CN1C[C@@H]2CCOC[C@]2(CO)C1. The lowest BCUT2D eigenvalue weighted by molar-refractivity contribution is -0.0561. The minimum Gasteiger partial charge on any atom is -0.396 e. The molecular formula is C17H25NO2. The zero-order chi connectivity index (χ0) is 14.2. The van der Waals surface area contributed by atoms with Crippen molar-refractivity contribution in [2.24, 2.45) is 11.3 Å². The van der Waals surface area contributed by atoms with Gasteiger partial charge >= 0.3 is 0 Å². The van der Waals surface area contributed by atoms with Crippen molar-refractivity contribution in [2.75, 3.05) is 32.9 Å². The number of rotatable bonds is 3. The first kappa shape index (κ1) is 14.1. The van der Waals surface area contributed by atoms with Crippen molar-refractivity contribution in [1.82, 2.24) is 4.90 Å². The van der Waals surface area contributed by atoms with Crippen LogP contribution in [-0.4, -0.2) is 42.9 Å². The molecule has 0 amide bonds. The molecule has 1 aromatic rings. The third-order valence-electron chi connectivity index (χ3n) is 5.22. The molecule has 110 valence electrons. The third-order valence-corrected chi connectivity index (χ3v) is 5.22. The van der Waals surface area contributed by atoms with Gasteiger partial charge in [-0.05, 0) is 42.9 Å². The van der Waals surface area contributed by atoms with E-state index in [0.717, 1.165) is 39.3 Å². The number of hydrogen-bond acceptors (Lipinski definition) is 3. The number of aliphatic hydroxyl groups is 1. The van der Waals surface area contributed by atoms with E-state index in [0.29, 0.717) is 5.92 Å². The van der Waals surface area contributed by atoms with Crippen LogP contribution in [0, 0.1) is 25.2 Å². The summed E-state index contributed by atoms with van der Waals surface area (Å²) in [6.45, 7) is 9.26. The summed E-state index contributed by atoms with van der Waals surface area (Å²) in [5.74, 6) is 0.588. The maximum absolute atomic E-state index is 9.84. The van der Waals surface area contributed by atoms with Gasteiger partial charge in [0.05, 0.1) is 13.2 Å². The van der Waals surface area contributed by atoms with Crippen LogP contribution >= 0.6 is 0 Å². The standard InChI is InChI=1S/C17H25NO2/c1-13-4-3-5-14(2)16(13)9-18-8-15-6-7-20-12-17(15,10-18)11-19/h3-5,15,19H,6-12H2,1-2H3/t15-,17+/m0/s1. The molecule has 2 fully saturated rings. The maximum Gasteiger partial charge on any atom is 0.0559 e. The van der Waals surface area contributed by atoms with Crippen LogP contribution in [0.15, 0.2) is 18.2 Å². The minimum absolute atomic E-state index is 0.0190. The lowest BCUT2D eigenvalue weighted by atomic mass is 9.76. The molecule has 2 aliphatic rings. The van der Waals surface area contributed by atoms with Gasteiger partial charge in [-0.3, -0.25) is 4.90 Å². The Morgan fingerprint density at radius 3 is 2.75 bits per heavy atom. The summed E-state index contributed by atoms with van der Waals surface area (Å²) in [5.41, 5.74) is 4.16. The normalized spacial score (nSPS) is 30.4. The first-order valence-electron chi connectivity index (χ1n) is 7.61. The van der Waals surface area contributed by atoms with Gasteiger partial charge in [0.2, 0.25) is 0 Å². The van der Waals surface area contributed by atoms with Crippen molar-refractivity contribution in [1.29, 1.82) is 0 Å². The van der Waals surface area contributed by atoms with Crippen molar-refractivity contribution in [3.8, 4) is 0 Å². The Morgan fingerprint density at radius 2 is 2.10 bits per heavy atom. The molecule has 2 atom stereocenters. The van der Waals surface area contributed by atoms with E-state index in [2.05, 4.69) is 36.9 Å². The molecule has 0 spiro atoms. The monoisotopic (exact) mass is 275 g/mol. The van der Waals surface area contributed by atoms with Gasteiger partial charge in [0.25, 0.3) is 0 Å². The maximum atomic E-state index is 9.84. The Hall–Kier alpha value is -0.900. The van der Waals surface area contributed by atoms with Crippen molar-refractivity contribution in [3.63, 3.8) is 0 Å². The summed E-state index contributed by atoms with van der Waals surface area (Å²) in [6.07, 6.45) is 1.09. The molecule has 3 heteroatoms. The zero-order valence-corrected chi connectivity index (χ0v) is 12.6. The Morgan fingerprint density at radius 1 is 1.35 bits per heavy atom. The van der Waals surface area contributed by atoms with Gasteiger partial charge < -0.3 is 9.84 Å². The second-order valence-corrected chi connectivity index (χ2v) is 6.60. The van der Waals surface area contributed by atoms with Crippen LogP contribution in [0.25, 0.3) is 0 Å². The Balaban J connectivity index is 1.77. The highest BCUT2D eigenvalue weighted by Crippen LogP contribution is 2.41. The highest BCUT2D eigenvalue weighted by atomic mass is 16.5. The average Bonchev–Trinajstić information content (AvgIpc) is 2.82. The van der Waals surface area contributed by atoms with E-state index in [1.807, 2.05) is 0 Å². The lowest BCUT2D eigenvalue weighted by Crippen LogP contribution is -2.42. The van der Waals surface area contributed by atoms with Gasteiger partial charge in [-0.2, -0.15) is 0 Å². The molecule has 2 saturated heterocycles. The van der Waals surface area contributed by atoms with Crippen molar-refractivity contribution in [3.05, 3.63) is 34.9 Å². The van der Waals surface area contributed by atoms with Crippen molar-refractivity contribution >= 4 is 0 Å². The molecule has 20 heavy (non-hydrogen) atoms. The molecular weight excluding hydrogens is 250 g/mol. The topological polar surface area (TPSA) is 32.7 Å². The summed E-state index contributed by atoms with van der Waals surface area (Å²) in [4.78, 5) is 2.50. The van der Waals surface area contributed by atoms with Crippen LogP contribution in [0.4, 0.5) is 0 Å². The Kier molecular flexibility index (Phi) is 3.85. The molecule has 2 heterocycles. The van der Waals surface area contributed by atoms with Crippen LogP contribution in [0.3, 0.4) is 0 Å². The summed E-state index contributed by atoms with van der Waals surface area (Å²) in [5, 5.41) is 9.84. The number of likely N-dealkylation sites (tertiary alicyclic amines) is 1. The van der Waals surface area contributed by atoms with Gasteiger partial charge in [-0.1, -0.05) is 18.2 Å². The third kappa shape index (κ3) is 2.39. The fraction of sp³-hybridized carbons (Fsp3) is 0.647. The summed E-state index contributed by atoms with van der Waals surface area (Å²) >= 11 is 0. The van der Waals surface area contributed by atoms with E-state index in [-0.39, 0.29) is 12.0 Å². The lowest BCUT2D eigenvalue weighted by Gasteiger charge is -2.36. The van der Waals surface area contributed by atoms with Gasteiger partial charge in [0, 0.05) is 31.7 Å². The first-order valence-corrected chi connectivity index (χ1v) is 7.61. The molecule has 0 aromatic heterocycles. The molecule has 0 bridgehead atoms. The Labute approximate surface area is 121 Å². The van der Waals surface area contributed by atoms with Crippen LogP contribution in [0.1, 0.15) is 23.1 Å². The molecule has 0 unspecified atom stereocenters. The average molecular weight is 275 g/mol. The number of aryl methyl sites for hydroxylation is 2. The molecule has 3 nitrogen and oxygen atoms in total. The molecule has 0 aliphatic carbocycles. The van der Waals surface area contributed by atoms with E-state index < -0.39 is 0 Å². The molecule has 3 rings (SSSR count). The fourth-order valence-corrected chi connectivity index (χ4v) is 3.87. The van der Waals surface area contributed by atoms with Gasteiger partial charge in [-0.25, -0.2) is 0 Å². The summed E-state index contributed by atoms with van der Waals surface area (Å²) in [7, 11) is 0. The van der Waals surface area contributed by atoms with E-state index in [1.54, 1.807) is 0 Å². The van der Waals surface area contributed by atoms with Crippen LogP contribution in [-0.2, 0) is 11.3 Å². The molecule has 0 radical (unpaired) electrons. The summed E-state index contributed by atoms with van der Waals surface area (Å²) < 4.78 is 5.64. The number of fused-ring (bicyclic) bond motifs is 1. The van der Waals surface area contributed by atoms with Crippen molar-refractivity contribution < 1.29 is 9.84 Å². The summed E-state index contributed by atoms with van der Waals surface area (Å²) in [6, 6.07) is 6.51. The highest BCUT2D eigenvalue weighted by Gasteiger charge is 2.47. The largest absolute Gasteiger partial charge is 0.396 e. The molecule has 1 aromatic carbocycles. The minimum atomic E-state index is -0.0190. The molecule has 0 saturated carbocycles. The number of benzene rings is 1. The highest BCUT2D eigenvalue weighted by molar-refractivity contribution is 5.33. The fourth-order valence-electron chi connectivity index (χ4n) is 3.87. The van der Waals surface area contributed by atoms with Crippen LogP contribution in [0.2, 0.25) is 0 Å². The second-order valence-electron chi connectivity index (χ2n) is 6.60. The van der Waals surface area contributed by atoms with E-state index in [9.17, 15) is 5.11 Å². The molecule has 1 N–H and O–H groups in total. The molecule has 2 aliphatic heterocycles. The first-order chi connectivity index (χ1) is 9.64.